The molecule has 0 aliphatic carbocycles. The van der Waals surface area contributed by atoms with Crippen LogP contribution in [0.15, 0.2) is 72.2 Å². The highest BCUT2D eigenvalue weighted by Gasteiger charge is 2.25. The molecule has 1 fully saturated rings. The zero-order valence-electron chi connectivity index (χ0n) is 23.3. The second-order valence-corrected chi connectivity index (χ2v) is 10.9. The molecule has 10 heteroatoms. The highest BCUT2D eigenvalue weighted by atomic mass is 32.1. The number of halogens is 1. The number of nitrogens with zero attached hydrogens (tertiary/aromatic N) is 5. The molecular formula is C31H34FN5O3S. The summed E-state index contributed by atoms with van der Waals surface area (Å²) in [6.07, 6.45) is 2.69. The van der Waals surface area contributed by atoms with Crippen LogP contribution in [0.1, 0.15) is 44.9 Å². The number of carbonyl (C=O) groups is 2. The maximum atomic E-state index is 14.3. The van der Waals surface area contributed by atoms with E-state index >= 15 is 0 Å². The van der Waals surface area contributed by atoms with E-state index in [0.29, 0.717) is 38.4 Å². The molecule has 41 heavy (non-hydrogen) atoms. The Morgan fingerprint density at radius 3 is 2.54 bits per heavy atom. The van der Waals surface area contributed by atoms with Crippen LogP contribution in [0.25, 0.3) is 0 Å². The number of carbonyl (C=O) groups excluding carboxylic acids is 2. The van der Waals surface area contributed by atoms with Gasteiger partial charge in [0.1, 0.15) is 22.3 Å². The van der Waals surface area contributed by atoms with Gasteiger partial charge in [-0.1, -0.05) is 31.2 Å². The van der Waals surface area contributed by atoms with E-state index in [9.17, 15) is 14.0 Å². The van der Waals surface area contributed by atoms with E-state index in [1.54, 1.807) is 24.1 Å². The second kappa shape index (κ2) is 13.0. The number of hydrogen-bond donors (Lipinski definition) is 0. The number of aromatic nitrogens is 2. The van der Waals surface area contributed by atoms with Gasteiger partial charge in [0.25, 0.3) is 11.8 Å². The van der Waals surface area contributed by atoms with E-state index < -0.39 is 5.82 Å². The molecule has 0 N–H and O–H groups in total. The van der Waals surface area contributed by atoms with E-state index in [0.717, 1.165) is 41.6 Å². The van der Waals surface area contributed by atoms with Gasteiger partial charge in [-0.15, -0.1) is 11.3 Å². The number of thiazole rings is 1. The average molecular weight is 576 g/mol. The summed E-state index contributed by atoms with van der Waals surface area (Å²) in [6, 6.07) is 17.9. The van der Waals surface area contributed by atoms with E-state index in [4.69, 9.17) is 4.74 Å². The van der Waals surface area contributed by atoms with Crippen LogP contribution in [0, 0.1) is 5.82 Å². The summed E-state index contributed by atoms with van der Waals surface area (Å²) in [6.45, 7) is 5.98. The van der Waals surface area contributed by atoms with Gasteiger partial charge >= 0.3 is 0 Å². The van der Waals surface area contributed by atoms with Gasteiger partial charge in [0.05, 0.1) is 31.5 Å². The lowest BCUT2D eigenvalue weighted by Gasteiger charge is -2.36. The Kier molecular flexibility index (Phi) is 8.98. The summed E-state index contributed by atoms with van der Waals surface area (Å²) in [5.74, 6) is -0.0828. The third-order valence-corrected chi connectivity index (χ3v) is 8.06. The van der Waals surface area contributed by atoms with Crippen molar-refractivity contribution in [2.24, 2.45) is 0 Å². The molecule has 0 unspecified atom stereocenters. The first kappa shape index (κ1) is 28.4. The van der Waals surface area contributed by atoms with Gasteiger partial charge in [-0.05, 0) is 42.8 Å². The van der Waals surface area contributed by atoms with Crippen molar-refractivity contribution in [2.75, 3.05) is 44.7 Å². The zero-order valence-corrected chi connectivity index (χ0v) is 24.1. The van der Waals surface area contributed by atoms with Crippen molar-refractivity contribution in [1.82, 2.24) is 19.4 Å². The van der Waals surface area contributed by atoms with Gasteiger partial charge in [-0.3, -0.25) is 9.59 Å². The van der Waals surface area contributed by atoms with Crippen molar-refractivity contribution in [2.45, 2.75) is 26.4 Å². The summed E-state index contributed by atoms with van der Waals surface area (Å²) in [5, 5.41) is 2.62. The Balaban J connectivity index is 1.22. The number of methoxy groups -OCH3 is 1. The predicted molar refractivity (Wildman–Crippen MR) is 158 cm³/mol. The monoisotopic (exact) mass is 575 g/mol. The summed E-state index contributed by atoms with van der Waals surface area (Å²) < 4.78 is 21.8. The van der Waals surface area contributed by atoms with Crippen LogP contribution in [0.3, 0.4) is 0 Å². The Hall–Kier alpha value is -4.18. The van der Waals surface area contributed by atoms with Crippen LogP contribution in [0.2, 0.25) is 0 Å². The van der Waals surface area contributed by atoms with Gasteiger partial charge in [-0.2, -0.15) is 0 Å². The van der Waals surface area contributed by atoms with Crippen LogP contribution >= 0.6 is 11.3 Å². The first-order valence-corrected chi connectivity index (χ1v) is 14.7. The molecule has 2 aromatic heterocycles. The van der Waals surface area contributed by atoms with E-state index in [-0.39, 0.29) is 17.4 Å². The van der Waals surface area contributed by atoms with Crippen molar-refractivity contribution in [3.63, 3.8) is 0 Å². The standard InChI is InChI=1S/C31H34FN5O3S/c1-3-14-37(30(38)24-10-4-5-11-25(24)32)20-23-9-8-15-36(23)21-29-33-26(22-41-29)31(39)35-18-16-34(17-19-35)27-12-6-7-13-28(27)40-2/h4-13,15,22H,3,14,16-21H2,1-2H3. The second-order valence-electron chi connectivity index (χ2n) is 9.91. The predicted octanol–water partition coefficient (Wildman–Crippen LogP) is 5.16. The van der Waals surface area contributed by atoms with E-state index in [2.05, 4.69) is 9.88 Å². The normalized spacial score (nSPS) is 13.3. The molecule has 3 heterocycles. The van der Waals surface area contributed by atoms with E-state index in [1.807, 2.05) is 64.4 Å². The molecule has 0 spiro atoms. The number of benzene rings is 2. The third kappa shape index (κ3) is 6.43. The quantitative estimate of drug-likeness (QED) is 0.262. The van der Waals surface area contributed by atoms with Gasteiger partial charge < -0.3 is 24.0 Å². The number of para-hydroxylation sites is 2. The number of anilines is 1. The molecule has 1 saturated heterocycles. The minimum atomic E-state index is -0.518. The third-order valence-electron chi connectivity index (χ3n) is 7.23. The van der Waals surface area contributed by atoms with Crippen LogP contribution in [-0.2, 0) is 13.1 Å². The lowest BCUT2D eigenvalue weighted by atomic mass is 10.1. The molecule has 1 aliphatic heterocycles. The smallest absolute Gasteiger partial charge is 0.273 e. The van der Waals surface area contributed by atoms with E-state index in [1.165, 1.54) is 23.5 Å². The Bertz CT molecular complexity index is 1490. The molecule has 4 aromatic rings. The molecule has 5 rings (SSSR count). The fraction of sp³-hybridized carbons (Fsp3) is 0.323. The average Bonchev–Trinajstić information content (AvgIpc) is 3.66. The summed E-state index contributed by atoms with van der Waals surface area (Å²) >= 11 is 1.45. The molecule has 0 saturated carbocycles. The fourth-order valence-electron chi connectivity index (χ4n) is 5.10. The maximum Gasteiger partial charge on any atom is 0.273 e. The minimum absolute atomic E-state index is 0.0653. The molecule has 0 bridgehead atoms. The number of ether oxygens (including phenoxy) is 1. The molecule has 0 atom stereocenters. The van der Waals surface area contributed by atoms with Crippen LogP contribution in [-0.4, -0.2) is 71.0 Å². The molecular weight excluding hydrogens is 541 g/mol. The first-order chi connectivity index (χ1) is 20.0. The Morgan fingerprint density at radius 2 is 1.78 bits per heavy atom. The number of piperazine rings is 1. The summed E-state index contributed by atoms with van der Waals surface area (Å²) in [4.78, 5) is 36.8. The van der Waals surface area contributed by atoms with Crippen LogP contribution in [0.4, 0.5) is 10.1 Å². The van der Waals surface area contributed by atoms with Gasteiger partial charge in [-0.25, -0.2) is 9.37 Å². The molecule has 214 valence electrons. The van der Waals surface area contributed by atoms with Crippen molar-refractivity contribution in [3.05, 3.63) is 100 Å². The Morgan fingerprint density at radius 1 is 1.02 bits per heavy atom. The zero-order chi connectivity index (χ0) is 28.8. The molecule has 0 radical (unpaired) electrons. The van der Waals surface area contributed by atoms with Crippen LogP contribution in [0.5, 0.6) is 5.75 Å². The largest absolute Gasteiger partial charge is 0.495 e. The van der Waals surface area contributed by atoms with Crippen molar-refractivity contribution in [1.29, 1.82) is 0 Å². The number of amides is 2. The molecule has 1 aliphatic rings. The van der Waals surface area contributed by atoms with Crippen molar-refractivity contribution >= 4 is 28.8 Å². The lowest BCUT2D eigenvalue weighted by Crippen LogP contribution is -2.49. The number of rotatable bonds is 10. The highest BCUT2D eigenvalue weighted by molar-refractivity contribution is 7.09. The van der Waals surface area contributed by atoms with Gasteiger partial charge in [0.15, 0.2) is 0 Å². The molecule has 2 amide bonds. The topological polar surface area (TPSA) is 70.9 Å². The Labute approximate surface area is 243 Å². The van der Waals surface area contributed by atoms with Gasteiger partial charge in [0, 0.05) is 50.0 Å². The summed E-state index contributed by atoms with van der Waals surface area (Å²) in [5.41, 5.74) is 2.48. The number of hydrogen-bond acceptors (Lipinski definition) is 6. The first-order valence-electron chi connectivity index (χ1n) is 13.8. The summed E-state index contributed by atoms with van der Waals surface area (Å²) in [7, 11) is 1.67. The SMILES string of the molecule is CCCN(Cc1cccn1Cc1nc(C(=O)N2CCN(c3ccccc3OC)CC2)cs1)C(=O)c1ccccc1F. The molecule has 8 nitrogen and oxygen atoms in total. The highest BCUT2D eigenvalue weighted by Crippen LogP contribution is 2.28. The van der Waals surface area contributed by atoms with Crippen molar-refractivity contribution < 1.29 is 18.7 Å². The van der Waals surface area contributed by atoms with Crippen molar-refractivity contribution in [3.8, 4) is 5.75 Å². The van der Waals surface area contributed by atoms with Gasteiger partial charge in [0.2, 0.25) is 0 Å². The fourth-order valence-corrected chi connectivity index (χ4v) is 5.87. The maximum absolute atomic E-state index is 14.3. The minimum Gasteiger partial charge on any atom is -0.495 e. The van der Waals surface area contributed by atoms with Crippen LogP contribution < -0.4 is 9.64 Å². The molecule has 2 aromatic carbocycles. The lowest BCUT2D eigenvalue weighted by molar-refractivity contribution is 0.0729.